The molecule has 268 valence electrons. The van der Waals surface area contributed by atoms with Gasteiger partial charge in [0.25, 0.3) is 18.9 Å². The summed E-state index contributed by atoms with van der Waals surface area (Å²) < 4.78 is 9.63. The first-order valence-corrected chi connectivity index (χ1v) is 16.4. The SMILES string of the molecule is CC(C)NCc1ccc(C(=O)N[C@@H](Cc2ccc3ccccc3c2)C(=O)NCCCC[C@H](NC(=O)N[C@@H](CCC(=O)O)OC=O)OC=O)cc1. The van der Waals surface area contributed by atoms with Crippen molar-refractivity contribution in [2.24, 2.45) is 0 Å². The number of amides is 4. The molecule has 0 aliphatic heterocycles. The normalized spacial score (nSPS) is 12.6. The Morgan fingerprint density at radius 2 is 1.42 bits per heavy atom. The summed E-state index contributed by atoms with van der Waals surface area (Å²) in [6.45, 7) is 5.28. The zero-order valence-corrected chi connectivity index (χ0v) is 28.2. The van der Waals surface area contributed by atoms with Gasteiger partial charge in [0.2, 0.25) is 5.91 Å². The maximum atomic E-state index is 13.4. The summed E-state index contributed by atoms with van der Waals surface area (Å²) in [7, 11) is 0. The van der Waals surface area contributed by atoms with Crippen molar-refractivity contribution in [3.05, 3.63) is 83.4 Å². The van der Waals surface area contributed by atoms with E-state index in [9.17, 15) is 28.8 Å². The third-order valence-electron chi connectivity index (χ3n) is 7.64. The highest BCUT2D eigenvalue weighted by Gasteiger charge is 2.23. The van der Waals surface area contributed by atoms with E-state index in [-0.39, 0.29) is 57.0 Å². The van der Waals surface area contributed by atoms with Gasteiger partial charge in [-0.15, -0.1) is 0 Å². The number of carbonyl (C=O) groups excluding carboxylic acids is 5. The molecule has 14 nitrogen and oxygen atoms in total. The van der Waals surface area contributed by atoms with E-state index in [0.717, 1.165) is 21.9 Å². The number of carbonyl (C=O) groups is 6. The van der Waals surface area contributed by atoms with Crippen molar-refractivity contribution in [2.75, 3.05) is 6.54 Å². The number of hydrogen-bond acceptors (Lipinski definition) is 9. The van der Waals surface area contributed by atoms with Crippen LogP contribution in [0.15, 0.2) is 66.7 Å². The average molecular weight is 692 g/mol. The molecule has 50 heavy (non-hydrogen) atoms. The van der Waals surface area contributed by atoms with Crippen LogP contribution in [0.2, 0.25) is 0 Å². The molecule has 3 aromatic carbocycles. The number of ether oxygens (including phenoxy) is 2. The number of aliphatic carboxylic acids is 1. The molecule has 0 aliphatic carbocycles. The van der Waals surface area contributed by atoms with Crippen LogP contribution in [0.1, 0.15) is 67.4 Å². The first-order chi connectivity index (χ1) is 24.1. The van der Waals surface area contributed by atoms with Gasteiger partial charge in [-0.1, -0.05) is 68.4 Å². The second-order valence-electron chi connectivity index (χ2n) is 11.9. The van der Waals surface area contributed by atoms with Gasteiger partial charge >= 0.3 is 12.0 Å². The standard InChI is InChI=1S/C36H45N5O9/c1-24(2)38-21-25-10-14-28(15-11-25)34(46)39-30(20-26-12-13-27-7-3-4-8-29(27)19-26)35(47)37-18-6-5-9-31(49-22-42)40-36(48)41-32(50-23-43)16-17-33(44)45/h3-4,7-8,10-15,19,22-24,30-32,38H,5-6,9,16-18,20-21H2,1-2H3,(H,37,47)(H,39,46)(H,44,45)(H2,40,41,48)/t30-,31+,32+/m0/s1. The van der Waals surface area contributed by atoms with E-state index in [2.05, 4.69) is 40.4 Å². The minimum atomic E-state index is -1.19. The molecular weight excluding hydrogens is 646 g/mol. The van der Waals surface area contributed by atoms with Gasteiger partial charge in [-0.05, 0) is 46.9 Å². The van der Waals surface area contributed by atoms with Crippen molar-refractivity contribution in [1.82, 2.24) is 26.6 Å². The highest BCUT2D eigenvalue weighted by Crippen LogP contribution is 2.17. The minimum absolute atomic E-state index is 0.0855. The van der Waals surface area contributed by atoms with Gasteiger partial charge in [0, 0.05) is 44.0 Å². The third-order valence-corrected chi connectivity index (χ3v) is 7.64. The molecule has 0 saturated carbocycles. The Balaban J connectivity index is 1.58. The molecule has 0 bridgehead atoms. The van der Waals surface area contributed by atoms with Crippen LogP contribution in [0.25, 0.3) is 10.8 Å². The largest absolute Gasteiger partial charge is 0.481 e. The van der Waals surface area contributed by atoms with E-state index in [1.54, 1.807) is 12.1 Å². The van der Waals surface area contributed by atoms with Crippen molar-refractivity contribution in [3.63, 3.8) is 0 Å². The summed E-state index contributed by atoms with van der Waals surface area (Å²) in [6.07, 6.45) is -1.42. The van der Waals surface area contributed by atoms with Crippen molar-refractivity contribution in [2.45, 2.75) is 83.5 Å². The van der Waals surface area contributed by atoms with Crippen LogP contribution in [0.4, 0.5) is 4.79 Å². The number of fused-ring (bicyclic) bond motifs is 1. The lowest BCUT2D eigenvalue weighted by molar-refractivity contribution is -0.141. The first-order valence-electron chi connectivity index (χ1n) is 16.4. The Hall–Kier alpha value is -5.50. The fourth-order valence-corrected chi connectivity index (χ4v) is 5.01. The average Bonchev–Trinajstić information content (AvgIpc) is 3.09. The fraction of sp³-hybridized carbons (Fsp3) is 0.389. The molecule has 14 heteroatoms. The Kier molecular flexibility index (Phi) is 16.2. The molecule has 0 saturated heterocycles. The third kappa shape index (κ3) is 13.9. The topological polar surface area (TPSA) is 201 Å². The summed E-state index contributed by atoms with van der Waals surface area (Å²) in [6, 6.07) is 19.6. The highest BCUT2D eigenvalue weighted by molar-refractivity contribution is 5.97. The lowest BCUT2D eigenvalue weighted by atomic mass is 10.0. The van der Waals surface area contributed by atoms with Gasteiger partial charge in [-0.3, -0.25) is 24.0 Å². The van der Waals surface area contributed by atoms with Gasteiger partial charge in [-0.2, -0.15) is 0 Å². The zero-order valence-electron chi connectivity index (χ0n) is 28.2. The van der Waals surface area contributed by atoms with E-state index < -0.39 is 30.5 Å². The van der Waals surface area contributed by atoms with Crippen LogP contribution in [-0.4, -0.2) is 72.9 Å². The van der Waals surface area contributed by atoms with Crippen molar-refractivity contribution >= 4 is 47.5 Å². The van der Waals surface area contributed by atoms with Gasteiger partial charge in [-0.25, -0.2) is 4.79 Å². The number of nitrogens with one attached hydrogen (secondary N) is 5. The number of hydrogen-bond donors (Lipinski definition) is 6. The number of unbranched alkanes of at least 4 members (excludes halogenated alkanes) is 1. The summed E-state index contributed by atoms with van der Waals surface area (Å²) in [5.74, 6) is -1.88. The van der Waals surface area contributed by atoms with Crippen LogP contribution in [0.3, 0.4) is 0 Å². The maximum Gasteiger partial charge on any atom is 0.320 e. The van der Waals surface area contributed by atoms with Crippen LogP contribution in [-0.2, 0) is 41.6 Å². The van der Waals surface area contributed by atoms with Gasteiger partial charge in [0.1, 0.15) is 6.04 Å². The monoisotopic (exact) mass is 691 g/mol. The summed E-state index contributed by atoms with van der Waals surface area (Å²) >= 11 is 0. The number of rotatable bonds is 22. The van der Waals surface area contributed by atoms with Crippen molar-refractivity contribution < 1.29 is 43.3 Å². The second kappa shape index (κ2) is 20.8. The molecule has 3 rings (SSSR count). The van der Waals surface area contributed by atoms with Crippen LogP contribution in [0.5, 0.6) is 0 Å². The molecule has 0 radical (unpaired) electrons. The highest BCUT2D eigenvalue weighted by atomic mass is 16.5. The van der Waals surface area contributed by atoms with Crippen LogP contribution in [0, 0.1) is 0 Å². The zero-order chi connectivity index (χ0) is 36.3. The molecule has 6 N–H and O–H groups in total. The number of carboxylic acid groups (broad SMARTS) is 1. The van der Waals surface area contributed by atoms with Crippen LogP contribution < -0.4 is 26.6 Å². The maximum absolute atomic E-state index is 13.4. The molecule has 0 fully saturated rings. The Morgan fingerprint density at radius 1 is 0.780 bits per heavy atom. The molecule has 0 spiro atoms. The fourth-order valence-electron chi connectivity index (χ4n) is 5.01. The predicted octanol–water partition coefficient (Wildman–Crippen LogP) is 3.13. The predicted molar refractivity (Wildman–Crippen MR) is 185 cm³/mol. The molecule has 0 aromatic heterocycles. The smallest absolute Gasteiger partial charge is 0.320 e. The number of carboxylic acids is 1. The van der Waals surface area contributed by atoms with E-state index in [1.807, 2.05) is 54.6 Å². The minimum Gasteiger partial charge on any atom is -0.481 e. The van der Waals surface area contributed by atoms with E-state index in [4.69, 9.17) is 14.6 Å². The summed E-state index contributed by atoms with van der Waals surface area (Å²) in [5, 5.41) is 24.7. The lowest BCUT2D eigenvalue weighted by Crippen LogP contribution is -2.48. The molecule has 3 aromatic rings. The molecule has 3 atom stereocenters. The van der Waals surface area contributed by atoms with Crippen molar-refractivity contribution in [1.29, 1.82) is 0 Å². The second-order valence-corrected chi connectivity index (χ2v) is 11.9. The lowest BCUT2D eigenvalue weighted by Gasteiger charge is -2.21. The molecule has 0 aliphatic rings. The Bertz CT molecular complexity index is 1580. The van der Waals surface area contributed by atoms with Crippen LogP contribution >= 0.6 is 0 Å². The molecule has 4 amide bonds. The quantitative estimate of drug-likeness (QED) is 0.0517. The molecular formula is C36H45N5O9. The summed E-state index contributed by atoms with van der Waals surface area (Å²) in [4.78, 5) is 71.6. The van der Waals surface area contributed by atoms with Gasteiger partial charge in [0.15, 0.2) is 12.5 Å². The Morgan fingerprint density at radius 3 is 2.06 bits per heavy atom. The Labute approximate surface area is 290 Å². The van der Waals surface area contributed by atoms with E-state index >= 15 is 0 Å². The number of benzene rings is 3. The molecule has 0 unspecified atom stereocenters. The van der Waals surface area contributed by atoms with Gasteiger partial charge < -0.3 is 41.2 Å². The van der Waals surface area contributed by atoms with E-state index in [0.29, 0.717) is 31.0 Å². The summed E-state index contributed by atoms with van der Waals surface area (Å²) in [5.41, 5.74) is 2.34. The van der Waals surface area contributed by atoms with E-state index in [1.165, 1.54) is 0 Å². The van der Waals surface area contributed by atoms with Crippen molar-refractivity contribution in [3.8, 4) is 0 Å². The number of urea groups is 1. The first kappa shape index (κ1) is 38.9. The van der Waals surface area contributed by atoms with Gasteiger partial charge in [0.05, 0.1) is 6.42 Å². The molecule has 0 heterocycles.